The molecule has 0 bridgehead atoms. The van der Waals surface area contributed by atoms with Crippen LogP contribution in [0, 0.1) is 6.92 Å². The molecule has 0 aromatic heterocycles. The normalized spacial score (nSPS) is 12.9. The number of rotatable bonds is 8. The molecule has 0 fully saturated rings. The Kier molecular flexibility index (Phi) is 6.53. The van der Waals surface area contributed by atoms with Gasteiger partial charge in [0.2, 0.25) is 5.91 Å². The van der Waals surface area contributed by atoms with E-state index in [2.05, 4.69) is 5.32 Å². The van der Waals surface area contributed by atoms with E-state index in [1.807, 2.05) is 56.3 Å². The van der Waals surface area contributed by atoms with E-state index in [0.29, 0.717) is 38.3 Å². The van der Waals surface area contributed by atoms with Gasteiger partial charge in [0.05, 0.1) is 12.3 Å². The largest absolute Gasteiger partial charge is 0.494 e. The van der Waals surface area contributed by atoms with Crippen molar-refractivity contribution in [1.82, 2.24) is 5.32 Å². The minimum Gasteiger partial charge on any atom is -0.494 e. The maximum Gasteiger partial charge on any atom is 0.265 e. The number of fused-ring (bicyclic) bond motifs is 1. The van der Waals surface area contributed by atoms with Gasteiger partial charge in [-0.15, -0.1) is 0 Å². The fraction of sp³-hybridized carbons (Fsp3) is 0.364. The first-order valence-electron chi connectivity index (χ1n) is 9.59. The molecule has 2 aromatic carbocycles. The second-order valence-corrected chi connectivity index (χ2v) is 6.73. The minimum absolute atomic E-state index is 0.0382. The van der Waals surface area contributed by atoms with Gasteiger partial charge < -0.3 is 19.7 Å². The van der Waals surface area contributed by atoms with Crippen LogP contribution >= 0.6 is 0 Å². The molecule has 0 saturated carbocycles. The molecule has 6 heteroatoms. The van der Waals surface area contributed by atoms with E-state index >= 15 is 0 Å². The van der Waals surface area contributed by atoms with Crippen molar-refractivity contribution < 1.29 is 19.1 Å². The molecule has 2 aromatic rings. The molecule has 1 heterocycles. The van der Waals surface area contributed by atoms with Gasteiger partial charge in [-0.1, -0.05) is 24.3 Å². The molecule has 6 nitrogen and oxygen atoms in total. The Labute approximate surface area is 165 Å². The van der Waals surface area contributed by atoms with Crippen LogP contribution in [0.3, 0.4) is 0 Å². The van der Waals surface area contributed by atoms with E-state index < -0.39 is 0 Å². The molecule has 1 aliphatic rings. The number of aryl methyl sites for hydroxylation is 1. The third-order valence-electron chi connectivity index (χ3n) is 4.59. The molecule has 0 saturated heterocycles. The highest BCUT2D eigenvalue weighted by molar-refractivity contribution is 5.98. The van der Waals surface area contributed by atoms with E-state index in [9.17, 15) is 9.59 Å². The number of amides is 2. The van der Waals surface area contributed by atoms with Crippen LogP contribution in [0.25, 0.3) is 0 Å². The van der Waals surface area contributed by atoms with Crippen molar-refractivity contribution in [2.45, 2.75) is 33.2 Å². The van der Waals surface area contributed by atoms with Gasteiger partial charge in [-0.25, -0.2) is 0 Å². The number of hydrogen-bond donors (Lipinski definition) is 1. The molecule has 0 radical (unpaired) electrons. The zero-order chi connectivity index (χ0) is 19.9. The van der Waals surface area contributed by atoms with Gasteiger partial charge in [0, 0.05) is 25.1 Å². The number of hydrogen-bond acceptors (Lipinski definition) is 4. The van der Waals surface area contributed by atoms with E-state index in [1.54, 1.807) is 4.90 Å². The molecule has 1 aliphatic heterocycles. The van der Waals surface area contributed by atoms with Gasteiger partial charge >= 0.3 is 0 Å². The summed E-state index contributed by atoms with van der Waals surface area (Å²) in [6, 6.07) is 13.5. The minimum atomic E-state index is -0.0795. The highest BCUT2D eigenvalue weighted by Crippen LogP contribution is 2.32. The van der Waals surface area contributed by atoms with Crippen LogP contribution in [-0.2, 0) is 16.1 Å². The molecular weight excluding hydrogens is 356 g/mol. The van der Waals surface area contributed by atoms with Crippen molar-refractivity contribution in [3.05, 3.63) is 53.6 Å². The van der Waals surface area contributed by atoms with Gasteiger partial charge in [0.15, 0.2) is 6.61 Å². The van der Waals surface area contributed by atoms with Crippen LogP contribution in [0.15, 0.2) is 42.5 Å². The Morgan fingerprint density at radius 3 is 2.89 bits per heavy atom. The number of para-hydroxylation sites is 1. The molecule has 148 valence electrons. The standard InChI is InChI=1S/C22H26N2O4/c1-3-27-19-8-5-4-7-17(19)14-23-21(25)9-6-12-24-18-13-16(2)10-11-20(18)28-15-22(24)26/h4-5,7-8,10-11,13H,3,6,9,12,14-15H2,1-2H3,(H,23,25). The van der Waals surface area contributed by atoms with Crippen LogP contribution in [0.1, 0.15) is 30.9 Å². The lowest BCUT2D eigenvalue weighted by Gasteiger charge is -2.29. The van der Waals surface area contributed by atoms with Crippen molar-refractivity contribution in [2.24, 2.45) is 0 Å². The van der Waals surface area contributed by atoms with Gasteiger partial charge in [-0.3, -0.25) is 9.59 Å². The Balaban J connectivity index is 1.51. The highest BCUT2D eigenvalue weighted by atomic mass is 16.5. The van der Waals surface area contributed by atoms with Gasteiger partial charge in [-0.2, -0.15) is 0 Å². The fourth-order valence-electron chi connectivity index (χ4n) is 3.18. The summed E-state index contributed by atoms with van der Waals surface area (Å²) in [6.45, 7) is 5.44. The zero-order valence-electron chi connectivity index (χ0n) is 16.4. The lowest BCUT2D eigenvalue weighted by Crippen LogP contribution is -2.39. The zero-order valence-corrected chi connectivity index (χ0v) is 16.4. The Morgan fingerprint density at radius 2 is 2.07 bits per heavy atom. The lowest BCUT2D eigenvalue weighted by atomic mass is 10.1. The predicted octanol–water partition coefficient (Wildman–Crippen LogP) is 3.22. The SMILES string of the molecule is CCOc1ccccc1CNC(=O)CCCN1C(=O)COc2ccc(C)cc21. The second-order valence-electron chi connectivity index (χ2n) is 6.73. The topological polar surface area (TPSA) is 67.9 Å². The number of nitrogens with zero attached hydrogens (tertiary/aromatic N) is 1. The number of ether oxygens (including phenoxy) is 2. The molecule has 0 unspecified atom stereocenters. The number of nitrogens with one attached hydrogen (secondary N) is 1. The summed E-state index contributed by atoms with van der Waals surface area (Å²) in [5, 5.41) is 2.93. The van der Waals surface area contributed by atoms with Crippen molar-refractivity contribution in [2.75, 3.05) is 24.7 Å². The summed E-state index contributed by atoms with van der Waals surface area (Å²) in [6.07, 6.45) is 0.931. The first-order chi connectivity index (χ1) is 13.6. The lowest BCUT2D eigenvalue weighted by molar-refractivity contribution is -0.123. The second kappa shape index (κ2) is 9.26. The summed E-state index contributed by atoms with van der Waals surface area (Å²) in [4.78, 5) is 26.2. The number of carbonyl (C=O) groups excluding carboxylic acids is 2. The Hall–Kier alpha value is -3.02. The Morgan fingerprint density at radius 1 is 1.25 bits per heavy atom. The van der Waals surface area contributed by atoms with Gasteiger partial charge in [0.1, 0.15) is 11.5 Å². The van der Waals surface area contributed by atoms with E-state index in [-0.39, 0.29) is 18.4 Å². The highest BCUT2D eigenvalue weighted by Gasteiger charge is 2.25. The molecule has 3 rings (SSSR count). The number of anilines is 1. The fourth-order valence-corrected chi connectivity index (χ4v) is 3.18. The quantitative estimate of drug-likeness (QED) is 0.761. The first kappa shape index (κ1) is 19.7. The number of benzene rings is 2. The van der Waals surface area contributed by atoms with Crippen molar-refractivity contribution in [3.63, 3.8) is 0 Å². The van der Waals surface area contributed by atoms with Crippen LogP contribution in [0.4, 0.5) is 5.69 Å². The summed E-state index contributed by atoms with van der Waals surface area (Å²) < 4.78 is 11.1. The number of carbonyl (C=O) groups is 2. The maximum atomic E-state index is 12.2. The van der Waals surface area contributed by atoms with Gasteiger partial charge in [-0.05, 0) is 44.0 Å². The molecule has 28 heavy (non-hydrogen) atoms. The van der Waals surface area contributed by atoms with E-state index in [4.69, 9.17) is 9.47 Å². The summed E-state index contributed by atoms with van der Waals surface area (Å²) in [7, 11) is 0. The molecule has 0 atom stereocenters. The van der Waals surface area contributed by atoms with Gasteiger partial charge in [0.25, 0.3) is 5.91 Å². The average Bonchev–Trinajstić information content (AvgIpc) is 2.69. The maximum absolute atomic E-state index is 12.2. The van der Waals surface area contributed by atoms with Crippen molar-refractivity contribution >= 4 is 17.5 Å². The third-order valence-corrected chi connectivity index (χ3v) is 4.59. The molecule has 0 spiro atoms. The van der Waals surface area contributed by atoms with Crippen LogP contribution in [0.5, 0.6) is 11.5 Å². The summed E-state index contributed by atoms with van der Waals surface area (Å²) >= 11 is 0. The predicted molar refractivity (Wildman–Crippen MR) is 108 cm³/mol. The monoisotopic (exact) mass is 382 g/mol. The molecule has 2 amide bonds. The van der Waals surface area contributed by atoms with Crippen LogP contribution < -0.4 is 19.7 Å². The summed E-state index contributed by atoms with van der Waals surface area (Å²) in [5.41, 5.74) is 2.79. The van der Waals surface area contributed by atoms with E-state index in [0.717, 1.165) is 22.6 Å². The molecular formula is C22H26N2O4. The van der Waals surface area contributed by atoms with E-state index in [1.165, 1.54) is 0 Å². The van der Waals surface area contributed by atoms with Crippen LogP contribution in [-0.4, -0.2) is 31.6 Å². The van der Waals surface area contributed by atoms with Crippen LogP contribution in [0.2, 0.25) is 0 Å². The average molecular weight is 382 g/mol. The summed E-state index contributed by atoms with van der Waals surface area (Å²) in [5.74, 6) is 1.37. The van der Waals surface area contributed by atoms with Crippen molar-refractivity contribution in [3.8, 4) is 11.5 Å². The Bertz CT molecular complexity index is 850. The molecule has 1 N–H and O–H groups in total. The smallest absolute Gasteiger partial charge is 0.265 e. The third kappa shape index (κ3) is 4.82. The molecule has 0 aliphatic carbocycles. The first-order valence-corrected chi connectivity index (χ1v) is 9.59. The van der Waals surface area contributed by atoms with Crippen molar-refractivity contribution in [1.29, 1.82) is 0 Å².